The molecule has 1 aliphatic heterocycles. The standard InChI is InChI=1S/C18H36N2/c1-2-20(18-14-15-19-16-18)17-12-10-8-6-4-3-5-7-9-11-13-17/h17-19H,2-16H2,1H3. The second-order valence-corrected chi connectivity index (χ2v) is 6.89. The molecule has 2 rings (SSSR count). The molecule has 1 saturated carbocycles. The van der Waals surface area contributed by atoms with Gasteiger partial charge in [0.05, 0.1) is 0 Å². The molecule has 0 aromatic carbocycles. The van der Waals surface area contributed by atoms with Gasteiger partial charge in [-0.3, -0.25) is 4.90 Å². The fraction of sp³-hybridized carbons (Fsp3) is 1.00. The molecule has 0 aromatic heterocycles. The minimum absolute atomic E-state index is 0.818. The second kappa shape index (κ2) is 9.78. The normalized spacial score (nSPS) is 28.2. The summed E-state index contributed by atoms with van der Waals surface area (Å²) < 4.78 is 0. The van der Waals surface area contributed by atoms with E-state index in [1.807, 2.05) is 0 Å². The molecular formula is C18H36N2. The van der Waals surface area contributed by atoms with Gasteiger partial charge in [0.15, 0.2) is 0 Å². The third kappa shape index (κ3) is 5.37. The number of nitrogens with one attached hydrogen (secondary N) is 1. The van der Waals surface area contributed by atoms with Crippen molar-refractivity contribution in [3.63, 3.8) is 0 Å². The van der Waals surface area contributed by atoms with Crippen molar-refractivity contribution in [2.24, 2.45) is 0 Å². The lowest BCUT2D eigenvalue weighted by Crippen LogP contribution is -2.44. The van der Waals surface area contributed by atoms with Gasteiger partial charge in [0.1, 0.15) is 0 Å². The van der Waals surface area contributed by atoms with Crippen LogP contribution < -0.4 is 5.32 Å². The Kier molecular flexibility index (Phi) is 7.97. The highest BCUT2D eigenvalue weighted by atomic mass is 15.2. The lowest BCUT2D eigenvalue weighted by Gasteiger charge is -2.36. The first-order valence-electron chi connectivity index (χ1n) is 9.38. The van der Waals surface area contributed by atoms with Crippen molar-refractivity contribution >= 4 is 0 Å². The zero-order valence-corrected chi connectivity index (χ0v) is 13.7. The maximum Gasteiger partial charge on any atom is 0.0235 e. The van der Waals surface area contributed by atoms with Crippen LogP contribution in [0.2, 0.25) is 0 Å². The van der Waals surface area contributed by atoms with E-state index in [-0.39, 0.29) is 0 Å². The van der Waals surface area contributed by atoms with Crippen LogP contribution in [0.25, 0.3) is 0 Å². The number of hydrogen-bond acceptors (Lipinski definition) is 2. The van der Waals surface area contributed by atoms with E-state index < -0.39 is 0 Å². The molecule has 2 heteroatoms. The fourth-order valence-corrected chi connectivity index (χ4v) is 4.21. The maximum absolute atomic E-state index is 3.55. The molecule has 1 unspecified atom stereocenters. The summed E-state index contributed by atoms with van der Waals surface area (Å²) in [5, 5.41) is 3.55. The largest absolute Gasteiger partial charge is 0.315 e. The summed E-state index contributed by atoms with van der Waals surface area (Å²) in [7, 11) is 0. The lowest BCUT2D eigenvalue weighted by molar-refractivity contribution is 0.130. The van der Waals surface area contributed by atoms with E-state index in [1.165, 1.54) is 96.7 Å². The summed E-state index contributed by atoms with van der Waals surface area (Å²) in [4.78, 5) is 2.84. The molecule has 1 atom stereocenters. The first kappa shape index (κ1) is 16.3. The molecule has 0 radical (unpaired) electrons. The van der Waals surface area contributed by atoms with Crippen LogP contribution in [0, 0.1) is 0 Å². The molecule has 0 amide bonds. The Morgan fingerprint density at radius 1 is 0.750 bits per heavy atom. The van der Waals surface area contributed by atoms with Gasteiger partial charge < -0.3 is 5.32 Å². The van der Waals surface area contributed by atoms with Crippen LogP contribution in [0.1, 0.15) is 84.0 Å². The van der Waals surface area contributed by atoms with Crippen molar-refractivity contribution in [3.8, 4) is 0 Å². The van der Waals surface area contributed by atoms with Crippen LogP contribution in [0.15, 0.2) is 0 Å². The van der Waals surface area contributed by atoms with E-state index in [4.69, 9.17) is 0 Å². The molecule has 2 nitrogen and oxygen atoms in total. The van der Waals surface area contributed by atoms with E-state index in [0.717, 1.165) is 12.1 Å². The van der Waals surface area contributed by atoms with Crippen LogP contribution >= 0.6 is 0 Å². The molecule has 0 spiro atoms. The Morgan fingerprint density at radius 2 is 1.30 bits per heavy atom. The smallest absolute Gasteiger partial charge is 0.0235 e. The first-order chi connectivity index (χ1) is 9.92. The number of nitrogens with zero attached hydrogens (tertiary/aromatic N) is 1. The molecule has 118 valence electrons. The number of likely N-dealkylation sites (N-methyl/N-ethyl adjacent to an activating group) is 1. The minimum Gasteiger partial charge on any atom is -0.315 e. The fourth-order valence-electron chi connectivity index (χ4n) is 4.21. The maximum atomic E-state index is 3.55. The highest BCUT2D eigenvalue weighted by molar-refractivity contribution is 4.84. The summed E-state index contributed by atoms with van der Waals surface area (Å²) >= 11 is 0. The first-order valence-corrected chi connectivity index (χ1v) is 9.38. The van der Waals surface area contributed by atoms with E-state index in [1.54, 1.807) is 0 Å². The van der Waals surface area contributed by atoms with Gasteiger partial charge >= 0.3 is 0 Å². The van der Waals surface area contributed by atoms with Crippen molar-refractivity contribution in [1.29, 1.82) is 0 Å². The molecule has 0 aromatic rings. The van der Waals surface area contributed by atoms with Gasteiger partial charge in [-0.2, -0.15) is 0 Å². The van der Waals surface area contributed by atoms with Crippen LogP contribution in [0.5, 0.6) is 0 Å². The average Bonchev–Trinajstić information content (AvgIpc) is 2.96. The number of hydrogen-bond donors (Lipinski definition) is 1. The van der Waals surface area contributed by atoms with Gasteiger partial charge in [-0.15, -0.1) is 0 Å². The summed E-state index contributed by atoms with van der Waals surface area (Å²) in [6.45, 7) is 6.07. The Bertz CT molecular complexity index is 224. The second-order valence-electron chi connectivity index (χ2n) is 6.89. The number of rotatable bonds is 3. The van der Waals surface area contributed by atoms with Crippen molar-refractivity contribution in [2.45, 2.75) is 96.1 Å². The van der Waals surface area contributed by atoms with E-state index in [0.29, 0.717) is 0 Å². The Hall–Kier alpha value is -0.0800. The van der Waals surface area contributed by atoms with Crippen LogP contribution in [0.4, 0.5) is 0 Å². The SMILES string of the molecule is CCN(C1CCCCCCCCCCC1)C1CCNC1. The van der Waals surface area contributed by atoms with Gasteiger partial charge in [-0.25, -0.2) is 0 Å². The van der Waals surface area contributed by atoms with Crippen LogP contribution in [-0.2, 0) is 0 Å². The Labute approximate surface area is 126 Å². The van der Waals surface area contributed by atoms with Crippen molar-refractivity contribution in [3.05, 3.63) is 0 Å². The monoisotopic (exact) mass is 280 g/mol. The molecule has 1 aliphatic carbocycles. The van der Waals surface area contributed by atoms with E-state index in [2.05, 4.69) is 17.1 Å². The van der Waals surface area contributed by atoms with E-state index >= 15 is 0 Å². The zero-order chi connectivity index (χ0) is 14.0. The molecule has 20 heavy (non-hydrogen) atoms. The Balaban J connectivity index is 1.85. The molecule has 1 N–H and O–H groups in total. The third-order valence-corrected chi connectivity index (χ3v) is 5.41. The Morgan fingerprint density at radius 3 is 1.75 bits per heavy atom. The molecule has 2 aliphatic rings. The molecule has 1 saturated heterocycles. The minimum atomic E-state index is 0.818. The molecule has 2 fully saturated rings. The molecular weight excluding hydrogens is 244 g/mol. The predicted octanol–water partition coefficient (Wildman–Crippen LogP) is 4.34. The topological polar surface area (TPSA) is 15.3 Å². The highest BCUT2D eigenvalue weighted by Crippen LogP contribution is 2.23. The third-order valence-electron chi connectivity index (χ3n) is 5.41. The van der Waals surface area contributed by atoms with Gasteiger partial charge in [0.25, 0.3) is 0 Å². The van der Waals surface area contributed by atoms with Gasteiger partial charge in [0, 0.05) is 18.6 Å². The van der Waals surface area contributed by atoms with Crippen LogP contribution in [0.3, 0.4) is 0 Å². The van der Waals surface area contributed by atoms with Crippen molar-refractivity contribution in [2.75, 3.05) is 19.6 Å². The summed E-state index contributed by atoms with van der Waals surface area (Å²) in [5.41, 5.74) is 0. The highest BCUT2D eigenvalue weighted by Gasteiger charge is 2.26. The zero-order valence-electron chi connectivity index (χ0n) is 13.7. The van der Waals surface area contributed by atoms with Gasteiger partial charge in [-0.1, -0.05) is 64.7 Å². The average molecular weight is 280 g/mol. The summed E-state index contributed by atoms with van der Waals surface area (Å²) in [5.74, 6) is 0. The van der Waals surface area contributed by atoms with Gasteiger partial charge in [0.2, 0.25) is 0 Å². The van der Waals surface area contributed by atoms with Crippen molar-refractivity contribution < 1.29 is 0 Å². The lowest BCUT2D eigenvalue weighted by atomic mass is 9.96. The van der Waals surface area contributed by atoms with E-state index in [9.17, 15) is 0 Å². The van der Waals surface area contributed by atoms with Gasteiger partial charge in [-0.05, 0) is 32.4 Å². The summed E-state index contributed by atoms with van der Waals surface area (Å²) in [6, 6.07) is 1.68. The summed E-state index contributed by atoms with van der Waals surface area (Å²) in [6.07, 6.45) is 17.5. The van der Waals surface area contributed by atoms with Crippen LogP contribution in [-0.4, -0.2) is 36.6 Å². The molecule has 0 bridgehead atoms. The van der Waals surface area contributed by atoms with Crippen molar-refractivity contribution in [1.82, 2.24) is 10.2 Å². The quantitative estimate of drug-likeness (QED) is 0.827. The molecule has 1 heterocycles. The predicted molar refractivity (Wildman–Crippen MR) is 88.2 cm³/mol.